The van der Waals surface area contributed by atoms with Crippen LogP contribution in [0.15, 0.2) is 12.1 Å². The third-order valence-corrected chi connectivity index (χ3v) is 1.95. The van der Waals surface area contributed by atoms with Crippen molar-refractivity contribution in [1.29, 1.82) is 0 Å². The number of carbonyl (C=O) groups excluding carboxylic acids is 1. The Balaban J connectivity index is 3.35. The Kier molecular flexibility index (Phi) is 3.51. The van der Waals surface area contributed by atoms with Gasteiger partial charge in [0.15, 0.2) is 17.3 Å². The number of nitrogens with two attached hydrogens (primary N) is 1. The van der Waals surface area contributed by atoms with E-state index in [1.54, 1.807) is 0 Å². The lowest BCUT2D eigenvalue weighted by molar-refractivity contribution is 0.0997. The monoisotopic (exact) mass is 211 g/mol. The van der Waals surface area contributed by atoms with Crippen LogP contribution in [0.2, 0.25) is 0 Å². The Morgan fingerprint density at radius 1 is 1.40 bits per heavy atom. The lowest BCUT2D eigenvalue weighted by Gasteiger charge is -2.11. The highest BCUT2D eigenvalue weighted by Gasteiger charge is 2.17. The lowest BCUT2D eigenvalue weighted by Crippen LogP contribution is -2.14. The van der Waals surface area contributed by atoms with Crippen LogP contribution in [0.4, 0.5) is 0 Å². The van der Waals surface area contributed by atoms with E-state index >= 15 is 0 Å². The average Bonchev–Trinajstić information content (AvgIpc) is 2.26. The van der Waals surface area contributed by atoms with Gasteiger partial charge in [-0.15, -0.1) is 0 Å². The first-order valence-electron chi connectivity index (χ1n) is 4.32. The summed E-state index contributed by atoms with van der Waals surface area (Å²) < 4.78 is 10.0. The van der Waals surface area contributed by atoms with Crippen molar-refractivity contribution in [1.82, 2.24) is 0 Å². The Morgan fingerprint density at radius 2 is 2.07 bits per heavy atom. The number of carbonyl (C=O) groups is 1. The van der Waals surface area contributed by atoms with Crippen molar-refractivity contribution < 1.29 is 19.4 Å². The predicted octanol–water partition coefficient (Wildman–Crippen LogP) is 0.551. The molecule has 0 aliphatic carbocycles. The van der Waals surface area contributed by atoms with E-state index in [0.717, 1.165) is 0 Å². The van der Waals surface area contributed by atoms with Crippen molar-refractivity contribution in [2.75, 3.05) is 20.8 Å². The molecule has 0 bridgehead atoms. The molecule has 0 saturated carbocycles. The molecule has 5 heteroatoms. The molecule has 82 valence electrons. The number of rotatable bonds is 4. The first-order chi connectivity index (χ1) is 7.13. The van der Waals surface area contributed by atoms with Crippen LogP contribution < -0.4 is 15.2 Å². The van der Waals surface area contributed by atoms with Gasteiger partial charge in [-0.2, -0.15) is 0 Å². The number of hydrogen-bond donors (Lipinski definition) is 2. The van der Waals surface area contributed by atoms with Crippen molar-refractivity contribution in [3.8, 4) is 17.2 Å². The third kappa shape index (κ3) is 2.19. The number of Topliss-reactive ketones (excluding diaryl/α,β-unsaturated/α-hetero) is 1. The second kappa shape index (κ2) is 4.65. The summed E-state index contributed by atoms with van der Waals surface area (Å²) in [5.41, 5.74) is 5.46. The molecule has 0 heterocycles. The van der Waals surface area contributed by atoms with Crippen molar-refractivity contribution >= 4 is 5.78 Å². The van der Waals surface area contributed by atoms with Gasteiger partial charge >= 0.3 is 0 Å². The average molecular weight is 211 g/mol. The Hall–Kier alpha value is -1.75. The summed E-state index contributed by atoms with van der Waals surface area (Å²) in [5, 5.41) is 9.36. The first-order valence-corrected chi connectivity index (χ1v) is 4.32. The summed E-state index contributed by atoms with van der Waals surface area (Å²) in [6.07, 6.45) is 0. The maximum Gasteiger partial charge on any atom is 0.180 e. The minimum Gasteiger partial charge on any atom is -0.508 e. The molecule has 0 saturated heterocycles. The number of phenols is 1. The molecule has 15 heavy (non-hydrogen) atoms. The van der Waals surface area contributed by atoms with Crippen LogP contribution in [0.1, 0.15) is 10.4 Å². The molecule has 0 amide bonds. The quantitative estimate of drug-likeness (QED) is 0.711. The summed E-state index contributed by atoms with van der Waals surface area (Å²) >= 11 is 0. The van der Waals surface area contributed by atoms with Crippen molar-refractivity contribution in [3.63, 3.8) is 0 Å². The zero-order valence-electron chi connectivity index (χ0n) is 8.61. The van der Waals surface area contributed by atoms with Crippen molar-refractivity contribution in [2.45, 2.75) is 0 Å². The van der Waals surface area contributed by atoms with Crippen molar-refractivity contribution in [3.05, 3.63) is 17.7 Å². The Morgan fingerprint density at radius 3 is 2.53 bits per heavy atom. The van der Waals surface area contributed by atoms with Crippen LogP contribution in [0.3, 0.4) is 0 Å². The van der Waals surface area contributed by atoms with Gasteiger partial charge in [-0.25, -0.2) is 0 Å². The molecule has 0 fully saturated rings. The molecule has 0 aliphatic rings. The second-order valence-corrected chi connectivity index (χ2v) is 2.86. The first kappa shape index (κ1) is 11.3. The molecule has 1 rings (SSSR count). The summed E-state index contributed by atoms with van der Waals surface area (Å²) in [6, 6.07) is 2.67. The Bertz CT molecular complexity index is 376. The SMILES string of the molecule is COc1cc(O)cc(C(=O)CN)c1OC. The van der Waals surface area contributed by atoms with Crippen LogP contribution in [0.25, 0.3) is 0 Å². The van der Waals surface area contributed by atoms with E-state index in [4.69, 9.17) is 15.2 Å². The van der Waals surface area contributed by atoms with Crippen LogP contribution in [0, 0.1) is 0 Å². The minimum atomic E-state index is -0.318. The van der Waals surface area contributed by atoms with E-state index in [2.05, 4.69) is 0 Å². The second-order valence-electron chi connectivity index (χ2n) is 2.86. The zero-order valence-corrected chi connectivity index (χ0v) is 8.61. The highest BCUT2D eigenvalue weighted by atomic mass is 16.5. The molecule has 0 unspecified atom stereocenters. The normalized spacial score (nSPS) is 9.80. The summed E-state index contributed by atoms with van der Waals surface area (Å²) in [4.78, 5) is 11.4. The predicted molar refractivity (Wildman–Crippen MR) is 54.6 cm³/mol. The van der Waals surface area contributed by atoms with Crippen molar-refractivity contribution in [2.24, 2.45) is 5.73 Å². The van der Waals surface area contributed by atoms with E-state index in [0.29, 0.717) is 5.75 Å². The molecule has 0 atom stereocenters. The highest BCUT2D eigenvalue weighted by molar-refractivity contribution is 6.01. The molecule has 0 spiro atoms. The molecule has 1 aromatic rings. The number of phenolic OH excluding ortho intramolecular Hbond substituents is 1. The van der Waals surface area contributed by atoms with E-state index < -0.39 is 0 Å². The number of hydrogen-bond acceptors (Lipinski definition) is 5. The van der Waals surface area contributed by atoms with Gasteiger partial charge in [0.1, 0.15) is 5.75 Å². The number of ether oxygens (including phenoxy) is 2. The van der Waals surface area contributed by atoms with Gasteiger partial charge in [0.05, 0.1) is 26.3 Å². The van der Waals surface area contributed by atoms with E-state index in [1.807, 2.05) is 0 Å². The van der Waals surface area contributed by atoms with Gasteiger partial charge in [-0.3, -0.25) is 4.79 Å². The summed E-state index contributed by atoms with van der Waals surface area (Å²) in [7, 11) is 2.84. The maximum absolute atomic E-state index is 11.4. The van der Waals surface area contributed by atoms with Crippen LogP contribution in [-0.2, 0) is 0 Å². The fraction of sp³-hybridized carbons (Fsp3) is 0.300. The van der Waals surface area contributed by atoms with Gasteiger partial charge in [0.2, 0.25) is 0 Å². The molecular formula is C10H13NO4. The molecule has 0 aromatic heterocycles. The van der Waals surface area contributed by atoms with Crippen LogP contribution >= 0.6 is 0 Å². The molecule has 3 N–H and O–H groups in total. The van der Waals surface area contributed by atoms with E-state index in [-0.39, 0.29) is 29.4 Å². The van der Waals surface area contributed by atoms with Crippen LogP contribution in [0.5, 0.6) is 17.2 Å². The topological polar surface area (TPSA) is 81.8 Å². The van der Waals surface area contributed by atoms with Gasteiger partial charge in [0, 0.05) is 6.07 Å². The Labute approximate surface area is 87.4 Å². The number of aromatic hydroxyl groups is 1. The molecule has 1 aromatic carbocycles. The van der Waals surface area contributed by atoms with Gasteiger partial charge in [0.25, 0.3) is 0 Å². The fourth-order valence-corrected chi connectivity index (χ4v) is 1.27. The summed E-state index contributed by atoms with van der Waals surface area (Å²) in [5.74, 6) is 0.200. The molecular weight excluding hydrogens is 198 g/mol. The number of methoxy groups -OCH3 is 2. The smallest absolute Gasteiger partial charge is 0.180 e. The van der Waals surface area contributed by atoms with Gasteiger partial charge in [-0.1, -0.05) is 0 Å². The van der Waals surface area contributed by atoms with E-state index in [9.17, 15) is 9.90 Å². The summed E-state index contributed by atoms with van der Waals surface area (Å²) in [6.45, 7) is -0.150. The zero-order chi connectivity index (χ0) is 11.4. The minimum absolute atomic E-state index is 0.0653. The largest absolute Gasteiger partial charge is 0.508 e. The third-order valence-electron chi connectivity index (χ3n) is 1.95. The highest BCUT2D eigenvalue weighted by Crippen LogP contribution is 2.35. The van der Waals surface area contributed by atoms with Gasteiger partial charge in [-0.05, 0) is 6.07 Å². The van der Waals surface area contributed by atoms with E-state index in [1.165, 1.54) is 26.4 Å². The van der Waals surface area contributed by atoms with Gasteiger partial charge < -0.3 is 20.3 Å². The molecule has 5 nitrogen and oxygen atoms in total. The maximum atomic E-state index is 11.4. The van der Waals surface area contributed by atoms with Crippen LogP contribution in [-0.4, -0.2) is 31.7 Å². The standard InChI is InChI=1S/C10H13NO4/c1-14-9-4-6(12)3-7(8(13)5-11)10(9)15-2/h3-4,12H,5,11H2,1-2H3. The number of benzene rings is 1. The number of ketones is 1. The molecule has 0 aliphatic heterocycles. The molecule has 0 radical (unpaired) electrons. The fourth-order valence-electron chi connectivity index (χ4n) is 1.27. The lowest BCUT2D eigenvalue weighted by atomic mass is 10.1.